The predicted octanol–water partition coefficient (Wildman–Crippen LogP) is 3.15. The van der Waals surface area contributed by atoms with Gasteiger partial charge in [-0.2, -0.15) is 0 Å². The number of carbonyl (C=O) groups excluding carboxylic acids is 1. The number of hydrogen-bond donors (Lipinski definition) is 2. The SMILES string of the molecule is O=C(NCc1ccco1)N1CC=C(c2c[nH]c3ncccc23)CC1. The summed E-state index contributed by atoms with van der Waals surface area (Å²) in [4.78, 5) is 21.6. The van der Waals surface area contributed by atoms with E-state index in [4.69, 9.17) is 4.42 Å². The molecule has 0 fully saturated rings. The average molecular weight is 322 g/mol. The molecule has 0 aromatic carbocycles. The molecule has 3 aromatic heterocycles. The van der Waals surface area contributed by atoms with Gasteiger partial charge in [0, 0.05) is 36.4 Å². The van der Waals surface area contributed by atoms with Crippen molar-refractivity contribution in [2.24, 2.45) is 0 Å². The fourth-order valence-corrected chi connectivity index (χ4v) is 3.01. The molecule has 0 atom stereocenters. The Morgan fingerprint density at radius 3 is 3.12 bits per heavy atom. The van der Waals surface area contributed by atoms with Gasteiger partial charge in [0.05, 0.1) is 12.8 Å². The Bertz CT molecular complexity index is 879. The van der Waals surface area contributed by atoms with E-state index in [1.165, 1.54) is 11.1 Å². The number of fused-ring (bicyclic) bond motifs is 1. The van der Waals surface area contributed by atoms with E-state index in [2.05, 4.69) is 27.4 Å². The first-order valence-electron chi connectivity index (χ1n) is 7.98. The lowest BCUT2D eigenvalue weighted by Crippen LogP contribution is -2.41. The van der Waals surface area contributed by atoms with E-state index < -0.39 is 0 Å². The maximum absolute atomic E-state index is 12.2. The van der Waals surface area contributed by atoms with Gasteiger partial charge in [0.1, 0.15) is 11.4 Å². The molecule has 24 heavy (non-hydrogen) atoms. The van der Waals surface area contributed by atoms with Crippen LogP contribution in [0.4, 0.5) is 4.79 Å². The van der Waals surface area contributed by atoms with Crippen LogP contribution in [0, 0.1) is 0 Å². The first-order chi connectivity index (χ1) is 11.8. The van der Waals surface area contributed by atoms with Crippen LogP contribution in [-0.4, -0.2) is 34.0 Å². The quantitative estimate of drug-likeness (QED) is 0.778. The number of amides is 2. The van der Waals surface area contributed by atoms with Gasteiger partial charge in [0.15, 0.2) is 0 Å². The van der Waals surface area contributed by atoms with E-state index in [9.17, 15) is 4.79 Å². The van der Waals surface area contributed by atoms with Crippen molar-refractivity contribution in [3.63, 3.8) is 0 Å². The fraction of sp³-hybridized carbons (Fsp3) is 0.222. The van der Waals surface area contributed by atoms with Gasteiger partial charge < -0.3 is 19.6 Å². The first kappa shape index (κ1) is 14.6. The molecule has 0 unspecified atom stereocenters. The Kier molecular flexibility index (Phi) is 3.78. The molecular formula is C18H18N4O2. The van der Waals surface area contributed by atoms with Crippen molar-refractivity contribution in [3.05, 3.63) is 60.3 Å². The van der Waals surface area contributed by atoms with Crippen molar-refractivity contribution in [3.8, 4) is 0 Å². The van der Waals surface area contributed by atoms with Crippen molar-refractivity contribution in [1.82, 2.24) is 20.2 Å². The number of nitrogens with one attached hydrogen (secondary N) is 2. The zero-order valence-corrected chi connectivity index (χ0v) is 13.2. The van der Waals surface area contributed by atoms with E-state index in [0.717, 1.165) is 23.2 Å². The van der Waals surface area contributed by atoms with E-state index >= 15 is 0 Å². The van der Waals surface area contributed by atoms with Crippen LogP contribution < -0.4 is 5.32 Å². The van der Waals surface area contributed by atoms with Crippen LogP contribution in [0.5, 0.6) is 0 Å². The second-order valence-electron chi connectivity index (χ2n) is 5.77. The summed E-state index contributed by atoms with van der Waals surface area (Å²) in [5.41, 5.74) is 3.32. The minimum atomic E-state index is -0.0673. The highest BCUT2D eigenvalue weighted by Crippen LogP contribution is 2.28. The van der Waals surface area contributed by atoms with E-state index in [0.29, 0.717) is 19.6 Å². The molecule has 2 N–H and O–H groups in total. The molecule has 0 spiro atoms. The van der Waals surface area contributed by atoms with Gasteiger partial charge in [-0.25, -0.2) is 9.78 Å². The zero-order chi connectivity index (χ0) is 16.4. The maximum Gasteiger partial charge on any atom is 0.318 e. The molecule has 6 nitrogen and oxygen atoms in total. The van der Waals surface area contributed by atoms with Crippen LogP contribution in [0.2, 0.25) is 0 Å². The average Bonchev–Trinajstić information content (AvgIpc) is 3.29. The third-order valence-electron chi connectivity index (χ3n) is 4.29. The van der Waals surface area contributed by atoms with Gasteiger partial charge in [0.25, 0.3) is 0 Å². The number of urea groups is 1. The summed E-state index contributed by atoms with van der Waals surface area (Å²) >= 11 is 0. The van der Waals surface area contributed by atoms with Gasteiger partial charge in [-0.3, -0.25) is 0 Å². The molecule has 0 radical (unpaired) electrons. The van der Waals surface area contributed by atoms with Crippen LogP contribution in [0.3, 0.4) is 0 Å². The van der Waals surface area contributed by atoms with Crippen molar-refractivity contribution >= 4 is 22.6 Å². The summed E-state index contributed by atoms with van der Waals surface area (Å²) in [5.74, 6) is 0.753. The molecule has 4 heterocycles. The van der Waals surface area contributed by atoms with E-state index in [-0.39, 0.29) is 6.03 Å². The standard InChI is InChI=1S/C18H18N4O2/c23-18(21-11-14-3-2-10-24-14)22-8-5-13(6-9-22)16-12-20-17-15(16)4-1-7-19-17/h1-5,7,10,12H,6,8-9,11H2,(H,19,20)(H,21,23). The molecule has 3 aromatic rings. The van der Waals surface area contributed by atoms with Crippen LogP contribution in [0.1, 0.15) is 17.7 Å². The van der Waals surface area contributed by atoms with Gasteiger partial charge in [0.2, 0.25) is 0 Å². The Morgan fingerprint density at radius 2 is 2.33 bits per heavy atom. The van der Waals surface area contributed by atoms with Gasteiger partial charge in [-0.1, -0.05) is 6.08 Å². The Balaban J connectivity index is 1.42. The number of aromatic amines is 1. The van der Waals surface area contributed by atoms with E-state index in [1.54, 1.807) is 17.4 Å². The highest BCUT2D eigenvalue weighted by molar-refractivity contribution is 5.91. The number of furan rings is 1. The van der Waals surface area contributed by atoms with Gasteiger partial charge in [-0.15, -0.1) is 0 Å². The zero-order valence-electron chi connectivity index (χ0n) is 13.2. The summed E-state index contributed by atoms with van der Waals surface area (Å²) in [6, 6.07) is 7.60. The van der Waals surface area contributed by atoms with Crippen molar-refractivity contribution in [1.29, 1.82) is 0 Å². The van der Waals surface area contributed by atoms with Crippen LogP contribution in [0.15, 0.2) is 53.4 Å². The number of carbonyl (C=O) groups is 1. The number of aromatic nitrogens is 2. The molecule has 4 rings (SSSR count). The van der Waals surface area contributed by atoms with Crippen molar-refractivity contribution < 1.29 is 9.21 Å². The van der Waals surface area contributed by atoms with Crippen molar-refractivity contribution in [2.75, 3.05) is 13.1 Å². The molecule has 1 aliphatic rings. The summed E-state index contributed by atoms with van der Waals surface area (Å²) in [5, 5.41) is 4.01. The summed E-state index contributed by atoms with van der Waals surface area (Å²) < 4.78 is 5.22. The molecule has 0 aliphatic carbocycles. The van der Waals surface area contributed by atoms with Crippen LogP contribution in [-0.2, 0) is 6.54 Å². The molecule has 6 heteroatoms. The Morgan fingerprint density at radius 1 is 1.38 bits per heavy atom. The highest BCUT2D eigenvalue weighted by atomic mass is 16.3. The topological polar surface area (TPSA) is 74.2 Å². The summed E-state index contributed by atoms with van der Waals surface area (Å²) in [6.45, 7) is 1.71. The predicted molar refractivity (Wildman–Crippen MR) is 91.2 cm³/mol. The molecule has 0 saturated heterocycles. The number of rotatable bonds is 3. The lowest BCUT2D eigenvalue weighted by Gasteiger charge is -2.26. The largest absolute Gasteiger partial charge is 0.467 e. The fourth-order valence-electron chi connectivity index (χ4n) is 3.01. The Hall–Kier alpha value is -3.02. The normalized spacial score (nSPS) is 14.7. The first-order valence-corrected chi connectivity index (χ1v) is 7.98. The number of nitrogens with zero attached hydrogens (tertiary/aromatic N) is 2. The van der Waals surface area contributed by atoms with Crippen LogP contribution >= 0.6 is 0 Å². The van der Waals surface area contributed by atoms with Gasteiger partial charge >= 0.3 is 6.03 Å². The van der Waals surface area contributed by atoms with Gasteiger partial charge in [-0.05, 0) is 36.3 Å². The second kappa shape index (κ2) is 6.23. The highest BCUT2D eigenvalue weighted by Gasteiger charge is 2.19. The molecule has 0 saturated carbocycles. The third-order valence-corrected chi connectivity index (χ3v) is 4.29. The number of H-pyrrole nitrogens is 1. The summed E-state index contributed by atoms with van der Waals surface area (Å²) in [7, 11) is 0. The lowest BCUT2D eigenvalue weighted by molar-refractivity contribution is 0.201. The maximum atomic E-state index is 12.2. The Labute approximate surface area is 139 Å². The smallest absolute Gasteiger partial charge is 0.318 e. The minimum absolute atomic E-state index is 0.0673. The number of pyridine rings is 1. The lowest BCUT2D eigenvalue weighted by atomic mass is 10.00. The third kappa shape index (κ3) is 2.78. The molecular weight excluding hydrogens is 304 g/mol. The molecule has 2 amide bonds. The molecule has 1 aliphatic heterocycles. The minimum Gasteiger partial charge on any atom is -0.467 e. The number of hydrogen-bond acceptors (Lipinski definition) is 3. The van der Waals surface area contributed by atoms with Crippen molar-refractivity contribution in [2.45, 2.75) is 13.0 Å². The second-order valence-corrected chi connectivity index (χ2v) is 5.77. The monoisotopic (exact) mass is 322 g/mol. The summed E-state index contributed by atoms with van der Waals surface area (Å²) in [6.07, 6.45) is 8.33. The molecule has 122 valence electrons. The van der Waals surface area contributed by atoms with E-state index in [1.807, 2.05) is 24.4 Å². The van der Waals surface area contributed by atoms with Crippen LogP contribution in [0.25, 0.3) is 16.6 Å². The molecule has 0 bridgehead atoms.